The molecular formula is C13H18N6O2S. The third-order valence-corrected chi connectivity index (χ3v) is 4.92. The Morgan fingerprint density at radius 1 is 1.36 bits per heavy atom. The monoisotopic (exact) mass is 322 g/mol. The lowest BCUT2D eigenvalue weighted by molar-refractivity contribution is 0.445. The van der Waals surface area contributed by atoms with Gasteiger partial charge in [0.25, 0.3) is 0 Å². The largest absolute Gasteiger partial charge is 0.382 e. The van der Waals surface area contributed by atoms with Gasteiger partial charge in [0, 0.05) is 13.1 Å². The maximum absolute atomic E-state index is 12.3. The van der Waals surface area contributed by atoms with Crippen LogP contribution in [0, 0.1) is 16.7 Å². The molecule has 1 aromatic rings. The van der Waals surface area contributed by atoms with Gasteiger partial charge in [-0.05, 0) is 24.3 Å². The molecular weight excluding hydrogens is 304 g/mol. The highest BCUT2D eigenvalue weighted by molar-refractivity contribution is 7.89. The molecule has 0 aliphatic heterocycles. The van der Waals surface area contributed by atoms with Crippen LogP contribution in [0.1, 0.15) is 13.8 Å². The topological polar surface area (TPSA) is 135 Å². The van der Waals surface area contributed by atoms with E-state index in [-0.39, 0.29) is 10.6 Å². The van der Waals surface area contributed by atoms with Crippen LogP contribution >= 0.6 is 0 Å². The zero-order valence-corrected chi connectivity index (χ0v) is 13.2. The Morgan fingerprint density at radius 3 is 2.32 bits per heavy atom. The Morgan fingerprint density at radius 2 is 1.91 bits per heavy atom. The van der Waals surface area contributed by atoms with E-state index in [1.165, 1.54) is 28.6 Å². The molecule has 0 aliphatic carbocycles. The van der Waals surface area contributed by atoms with Gasteiger partial charge in [0.1, 0.15) is 6.07 Å². The molecule has 0 aliphatic rings. The molecule has 1 aromatic carbocycles. The summed E-state index contributed by atoms with van der Waals surface area (Å²) in [6.07, 6.45) is 0. The fraction of sp³-hybridized carbons (Fsp3) is 0.308. The minimum Gasteiger partial charge on any atom is -0.382 e. The maximum Gasteiger partial charge on any atom is 0.243 e. The standard InChI is InChI=1S/C13H18N6O2S/c1-3-19(4-2)22(20,21)11-7-5-10(6-8-11)17-18-12(9-14)13(15)16/h5-8,17H,3-4H2,1-2H3,(H3,15,16)/b18-12+. The van der Waals surface area contributed by atoms with Crippen LogP contribution in [0.4, 0.5) is 5.69 Å². The second-order valence-electron chi connectivity index (χ2n) is 4.21. The molecule has 0 bridgehead atoms. The number of hydrogen-bond acceptors (Lipinski definition) is 6. The third kappa shape index (κ3) is 4.03. The van der Waals surface area contributed by atoms with Gasteiger partial charge in [-0.25, -0.2) is 8.42 Å². The molecule has 0 atom stereocenters. The fourth-order valence-electron chi connectivity index (χ4n) is 1.68. The summed E-state index contributed by atoms with van der Waals surface area (Å²) in [6.45, 7) is 4.34. The first kappa shape index (κ1) is 17.6. The zero-order chi connectivity index (χ0) is 16.8. The number of amidine groups is 1. The minimum absolute atomic E-state index is 0.179. The van der Waals surface area contributed by atoms with Crippen LogP contribution in [0.15, 0.2) is 34.3 Å². The Balaban J connectivity index is 2.97. The first-order chi connectivity index (χ1) is 10.4. The Bertz CT molecular complexity index is 699. The van der Waals surface area contributed by atoms with Gasteiger partial charge in [0.05, 0.1) is 10.6 Å². The molecule has 0 spiro atoms. The molecule has 0 saturated heterocycles. The van der Waals surface area contributed by atoms with Crippen molar-refractivity contribution in [2.24, 2.45) is 10.8 Å². The van der Waals surface area contributed by atoms with Gasteiger partial charge in [-0.15, -0.1) is 0 Å². The summed E-state index contributed by atoms with van der Waals surface area (Å²) in [5, 5.41) is 19.5. The number of nitrogens with zero attached hydrogens (tertiary/aromatic N) is 3. The summed E-state index contributed by atoms with van der Waals surface area (Å²) in [6, 6.07) is 7.62. The van der Waals surface area contributed by atoms with Crippen molar-refractivity contribution in [2.45, 2.75) is 18.7 Å². The highest BCUT2D eigenvalue weighted by Gasteiger charge is 2.21. The smallest absolute Gasteiger partial charge is 0.243 e. The Labute approximate surface area is 129 Å². The quantitative estimate of drug-likeness (QED) is 0.390. The molecule has 8 nitrogen and oxygen atoms in total. The average molecular weight is 322 g/mol. The van der Waals surface area contributed by atoms with Crippen molar-refractivity contribution < 1.29 is 8.42 Å². The number of benzene rings is 1. The second kappa shape index (κ2) is 7.53. The zero-order valence-electron chi connectivity index (χ0n) is 12.4. The lowest BCUT2D eigenvalue weighted by Gasteiger charge is -2.18. The number of hydrazone groups is 1. The van der Waals surface area contributed by atoms with Crippen molar-refractivity contribution in [1.82, 2.24) is 4.31 Å². The molecule has 0 radical (unpaired) electrons. The first-order valence-corrected chi connectivity index (χ1v) is 7.99. The van der Waals surface area contributed by atoms with E-state index in [1.54, 1.807) is 19.9 Å². The van der Waals surface area contributed by atoms with Crippen molar-refractivity contribution in [3.63, 3.8) is 0 Å². The summed E-state index contributed by atoms with van der Waals surface area (Å²) in [7, 11) is -3.50. The number of sulfonamides is 1. The molecule has 0 unspecified atom stereocenters. The third-order valence-electron chi connectivity index (χ3n) is 2.86. The number of nitrogens with two attached hydrogens (primary N) is 1. The van der Waals surface area contributed by atoms with Crippen molar-refractivity contribution in [3.05, 3.63) is 24.3 Å². The molecule has 0 aromatic heterocycles. The van der Waals surface area contributed by atoms with Crippen LogP contribution in [-0.4, -0.2) is 37.4 Å². The number of rotatable bonds is 7. The van der Waals surface area contributed by atoms with E-state index in [0.29, 0.717) is 18.8 Å². The van der Waals surface area contributed by atoms with Gasteiger partial charge >= 0.3 is 0 Å². The van der Waals surface area contributed by atoms with E-state index in [1.807, 2.05) is 0 Å². The molecule has 1 rings (SSSR count). The van der Waals surface area contributed by atoms with E-state index in [4.69, 9.17) is 16.4 Å². The number of hydrogen-bond donors (Lipinski definition) is 3. The van der Waals surface area contributed by atoms with Crippen molar-refractivity contribution >= 4 is 27.3 Å². The molecule has 22 heavy (non-hydrogen) atoms. The van der Waals surface area contributed by atoms with Gasteiger partial charge in [-0.3, -0.25) is 10.8 Å². The first-order valence-electron chi connectivity index (χ1n) is 6.55. The summed E-state index contributed by atoms with van der Waals surface area (Å²) in [5.74, 6) is -0.448. The van der Waals surface area contributed by atoms with Gasteiger partial charge in [-0.2, -0.15) is 14.7 Å². The average Bonchev–Trinajstić information content (AvgIpc) is 2.49. The highest BCUT2D eigenvalue weighted by Crippen LogP contribution is 2.18. The molecule has 118 valence electrons. The van der Waals surface area contributed by atoms with E-state index in [2.05, 4.69) is 10.5 Å². The van der Waals surface area contributed by atoms with Crippen LogP contribution in [0.3, 0.4) is 0 Å². The maximum atomic E-state index is 12.3. The number of nitrogens with one attached hydrogen (secondary N) is 2. The predicted molar refractivity (Wildman–Crippen MR) is 85.1 cm³/mol. The predicted octanol–water partition coefficient (Wildman–Crippen LogP) is 0.945. The fourth-order valence-corrected chi connectivity index (χ4v) is 3.14. The number of nitriles is 1. The van der Waals surface area contributed by atoms with Crippen molar-refractivity contribution in [2.75, 3.05) is 18.5 Å². The lowest BCUT2D eigenvalue weighted by Crippen LogP contribution is -2.30. The van der Waals surface area contributed by atoms with Crippen LogP contribution in [0.5, 0.6) is 0 Å². The molecule has 9 heteroatoms. The van der Waals surface area contributed by atoms with Gasteiger partial charge in [0.2, 0.25) is 15.7 Å². The normalized spacial score (nSPS) is 12.0. The van der Waals surface area contributed by atoms with E-state index >= 15 is 0 Å². The molecule has 4 N–H and O–H groups in total. The van der Waals surface area contributed by atoms with Crippen molar-refractivity contribution in [3.8, 4) is 6.07 Å². The summed E-state index contributed by atoms with van der Waals surface area (Å²) in [5.41, 5.74) is 7.94. The van der Waals surface area contributed by atoms with Crippen LogP contribution in [0.25, 0.3) is 0 Å². The second-order valence-corrected chi connectivity index (χ2v) is 6.15. The minimum atomic E-state index is -3.50. The van der Waals surface area contributed by atoms with Gasteiger partial charge in [0.15, 0.2) is 5.84 Å². The van der Waals surface area contributed by atoms with E-state index in [0.717, 1.165) is 0 Å². The van der Waals surface area contributed by atoms with Crippen molar-refractivity contribution in [1.29, 1.82) is 10.7 Å². The molecule has 0 heterocycles. The summed E-state index contributed by atoms with van der Waals surface area (Å²) >= 11 is 0. The van der Waals surface area contributed by atoms with Crippen LogP contribution in [0.2, 0.25) is 0 Å². The van der Waals surface area contributed by atoms with Gasteiger partial charge < -0.3 is 5.73 Å². The van der Waals surface area contributed by atoms with Crippen LogP contribution in [-0.2, 0) is 10.0 Å². The van der Waals surface area contributed by atoms with Gasteiger partial charge in [-0.1, -0.05) is 13.8 Å². The highest BCUT2D eigenvalue weighted by atomic mass is 32.2. The number of anilines is 1. The summed E-state index contributed by atoms with van der Waals surface area (Å²) < 4.78 is 26.0. The van der Waals surface area contributed by atoms with Crippen LogP contribution < -0.4 is 11.2 Å². The summed E-state index contributed by atoms with van der Waals surface area (Å²) in [4.78, 5) is 0.179. The molecule has 0 fully saturated rings. The van der Waals surface area contributed by atoms with E-state index in [9.17, 15) is 8.42 Å². The molecule has 0 amide bonds. The Kier molecular flexibility index (Phi) is 6.03. The lowest BCUT2D eigenvalue weighted by atomic mass is 10.3. The van der Waals surface area contributed by atoms with E-state index < -0.39 is 15.9 Å². The Hall–Kier alpha value is -2.44. The molecule has 0 saturated carbocycles. The SMILES string of the molecule is CCN(CC)S(=O)(=O)c1ccc(N/N=C(\C#N)C(=N)N)cc1.